The molecule has 126 valence electrons. The van der Waals surface area contributed by atoms with Crippen LogP contribution in [0.3, 0.4) is 0 Å². The first-order chi connectivity index (χ1) is 9.45. The Morgan fingerprint density at radius 1 is 0.857 bits per heavy atom. The van der Waals surface area contributed by atoms with E-state index in [1.165, 1.54) is 56.9 Å². The molecule has 0 aromatic rings. The molecule has 0 aromatic heterocycles. The van der Waals surface area contributed by atoms with Gasteiger partial charge in [-0.25, -0.2) is 0 Å². The maximum atomic E-state index is 3.79. The average Bonchev–Trinajstić information content (AvgIpc) is 2.38. The summed E-state index contributed by atoms with van der Waals surface area (Å²) in [6, 6.07) is 0. The van der Waals surface area contributed by atoms with E-state index in [-0.39, 0.29) is 7.43 Å². The van der Waals surface area contributed by atoms with Crippen LogP contribution >= 0.6 is 0 Å². The molecule has 0 radical (unpaired) electrons. The molecule has 0 aliphatic rings. The van der Waals surface area contributed by atoms with Gasteiger partial charge in [-0.3, -0.25) is 0 Å². The Morgan fingerprint density at radius 2 is 1.33 bits per heavy atom. The van der Waals surface area contributed by atoms with E-state index in [1.54, 1.807) is 0 Å². The number of rotatable bonds is 12. The van der Waals surface area contributed by atoms with Gasteiger partial charge in [0.1, 0.15) is 0 Å². The van der Waals surface area contributed by atoms with Crippen molar-refractivity contribution in [1.29, 1.82) is 0 Å². The van der Waals surface area contributed by atoms with Gasteiger partial charge in [0, 0.05) is 0 Å². The van der Waals surface area contributed by atoms with E-state index in [0.29, 0.717) is 0 Å². The third kappa shape index (κ3) is 15.7. The fraction of sp³-hybridized carbons (Fsp3) is 0.810. The van der Waals surface area contributed by atoms with Gasteiger partial charge in [-0.2, -0.15) is 0 Å². The minimum Gasteiger partial charge on any atom is -0.0988 e. The van der Waals surface area contributed by atoms with E-state index < -0.39 is 0 Å². The van der Waals surface area contributed by atoms with Gasteiger partial charge in [-0.05, 0) is 37.5 Å². The van der Waals surface area contributed by atoms with Crippen LogP contribution in [0.25, 0.3) is 0 Å². The minimum atomic E-state index is 0. The summed E-state index contributed by atoms with van der Waals surface area (Å²) in [7, 11) is 0. The summed E-state index contributed by atoms with van der Waals surface area (Å²) in [5, 5.41) is 0. The standard InChI is InChI=1S/C20H38.CH4/c1-7-18(4)12-9-14-20(6)16-10-15-19(5)13-8-11-17(2)3;/h7,12,17,19-20H,1,8-11,13-16H2,2-6H3;1H4/b18-12+;. The van der Waals surface area contributed by atoms with E-state index in [0.717, 1.165) is 17.8 Å². The fourth-order valence-electron chi connectivity index (χ4n) is 2.66. The molecule has 0 N–H and O–H groups in total. The Labute approximate surface area is 136 Å². The molecule has 0 saturated heterocycles. The van der Waals surface area contributed by atoms with Gasteiger partial charge in [0.05, 0.1) is 0 Å². The Balaban J connectivity index is 0. The predicted octanol–water partition coefficient (Wildman–Crippen LogP) is 7.80. The van der Waals surface area contributed by atoms with Gasteiger partial charge in [-0.15, -0.1) is 0 Å². The van der Waals surface area contributed by atoms with Crippen LogP contribution < -0.4 is 0 Å². The van der Waals surface area contributed by atoms with E-state index in [4.69, 9.17) is 0 Å². The topological polar surface area (TPSA) is 0 Å². The molecule has 21 heavy (non-hydrogen) atoms. The highest BCUT2D eigenvalue weighted by Crippen LogP contribution is 2.21. The van der Waals surface area contributed by atoms with E-state index in [1.807, 2.05) is 6.08 Å². The molecule has 0 spiro atoms. The molecular formula is C21H42. The minimum absolute atomic E-state index is 0. The molecule has 0 rings (SSSR count). The second-order valence-corrected chi connectivity index (χ2v) is 7.20. The quantitative estimate of drug-likeness (QED) is 0.322. The van der Waals surface area contributed by atoms with Crippen LogP contribution in [0.1, 0.15) is 93.4 Å². The van der Waals surface area contributed by atoms with Gasteiger partial charge in [0.2, 0.25) is 0 Å². The lowest BCUT2D eigenvalue weighted by Crippen LogP contribution is -2.00. The number of allylic oxidation sites excluding steroid dienone is 3. The van der Waals surface area contributed by atoms with Gasteiger partial charge >= 0.3 is 0 Å². The molecule has 0 nitrogen and oxygen atoms in total. The molecule has 0 aliphatic heterocycles. The average molecular weight is 295 g/mol. The molecule has 2 atom stereocenters. The second kappa shape index (κ2) is 14.4. The zero-order valence-electron chi connectivity index (χ0n) is 14.8. The van der Waals surface area contributed by atoms with Crippen LogP contribution in [-0.4, -0.2) is 0 Å². The van der Waals surface area contributed by atoms with E-state index in [9.17, 15) is 0 Å². The highest BCUT2D eigenvalue weighted by Gasteiger charge is 2.06. The third-order valence-electron chi connectivity index (χ3n) is 4.32. The van der Waals surface area contributed by atoms with Crippen molar-refractivity contribution in [3.05, 3.63) is 24.3 Å². The van der Waals surface area contributed by atoms with Gasteiger partial charge in [-0.1, -0.05) is 98.0 Å². The van der Waals surface area contributed by atoms with Crippen LogP contribution in [0.5, 0.6) is 0 Å². The van der Waals surface area contributed by atoms with Crippen molar-refractivity contribution >= 4 is 0 Å². The first-order valence-electron chi connectivity index (χ1n) is 8.74. The van der Waals surface area contributed by atoms with Crippen LogP contribution in [0, 0.1) is 17.8 Å². The predicted molar refractivity (Wildman–Crippen MR) is 101 cm³/mol. The van der Waals surface area contributed by atoms with E-state index in [2.05, 4.69) is 47.3 Å². The molecule has 0 fully saturated rings. The van der Waals surface area contributed by atoms with Crippen LogP contribution in [0.4, 0.5) is 0 Å². The normalized spacial score (nSPS) is 14.7. The summed E-state index contributed by atoms with van der Waals surface area (Å²) >= 11 is 0. The number of hydrogen-bond donors (Lipinski definition) is 0. The maximum Gasteiger partial charge on any atom is -0.0342 e. The summed E-state index contributed by atoms with van der Waals surface area (Å²) in [5.74, 6) is 2.66. The van der Waals surface area contributed by atoms with Gasteiger partial charge < -0.3 is 0 Å². The zero-order valence-corrected chi connectivity index (χ0v) is 14.8. The second-order valence-electron chi connectivity index (χ2n) is 7.20. The van der Waals surface area contributed by atoms with Crippen molar-refractivity contribution in [3.8, 4) is 0 Å². The Bertz CT molecular complexity index is 259. The summed E-state index contributed by atoms with van der Waals surface area (Å²) in [6.45, 7) is 15.4. The third-order valence-corrected chi connectivity index (χ3v) is 4.32. The van der Waals surface area contributed by atoms with E-state index >= 15 is 0 Å². The molecule has 0 heteroatoms. The molecule has 0 amide bonds. The smallest absolute Gasteiger partial charge is 0.0342 e. The van der Waals surface area contributed by atoms with Crippen molar-refractivity contribution in [1.82, 2.24) is 0 Å². The lowest BCUT2D eigenvalue weighted by molar-refractivity contribution is 0.393. The highest BCUT2D eigenvalue weighted by molar-refractivity contribution is 5.12. The summed E-state index contributed by atoms with van der Waals surface area (Å²) in [4.78, 5) is 0. The summed E-state index contributed by atoms with van der Waals surface area (Å²) in [6.07, 6.45) is 15.3. The van der Waals surface area contributed by atoms with Gasteiger partial charge in [0.15, 0.2) is 0 Å². The van der Waals surface area contributed by atoms with Crippen LogP contribution in [0.15, 0.2) is 24.3 Å². The Hall–Kier alpha value is -0.520. The first kappa shape index (κ1) is 22.8. The molecule has 0 bridgehead atoms. The van der Waals surface area contributed by atoms with Crippen LogP contribution in [-0.2, 0) is 0 Å². The lowest BCUT2D eigenvalue weighted by Gasteiger charge is -2.14. The summed E-state index contributed by atoms with van der Waals surface area (Å²) < 4.78 is 0. The van der Waals surface area contributed by atoms with Crippen molar-refractivity contribution in [2.45, 2.75) is 93.4 Å². The van der Waals surface area contributed by atoms with Crippen molar-refractivity contribution in [2.24, 2.45) is 17.8 Å². The molecule has 0 heterocycles. The Kier molecular flexibility index (Phi) is 15.6. The zero-order chi connectivity index (χ0) is 15.4. The fourth-order valence-corrected chi connectivity index (χ4v) is 2.66. The van der Waals surface area contributed by atoms with Crippen molar-refractivity contribution in [3.63, 3.8) is 0 Å². The van der Waals surface area contributed by atoms with Crippen molar-refractivity contribution < 1.29 is 0 Å². The molecule has 0 saturated carbocycles. The summed E-state index contributed by atoms with van der Waals surface area (Å²) in [5.41, 5.74) is 1.32. The Morgan fingerprint density at radius 3 is 1.81 bits per heavy atom. The lowest BCUT2D eigenvalue weighted by atomic mass is 9.92. The first-order valence-corrected chi connectivity index (χ1v) is 8.74. The molecule has 0 aliphatic carbocycles. The molecule has 0 aromatic carbocycles. The van der Waals surface area contributed by atoms with Crippen LogP contribution in [0.2, 0.25) is 0 Å². The SMILES string of the molecule is C.C=C/C(C)=C/CCC(C)CCCC(C)CCCC(C)C. The van der Waals surface area contributed by atoms with Crippen molar-refractivity contribution in [2.75, 3.05) is 0 Å². The maximum absolute atomic E-state index is 3.79. The molecular weight excluding hydrogens is 252 g/mol. The highest BCUT2D eigenvalue weighted by atomic mass is 14.1. The largest absolute Gasteiger partial charge is 0.0988 e. The monoisotopic (exact) mass is 294 g/mol. The van der Waals surface area contributed by atoms with Gasteiger partial charge in [0.25, 0.3) is 0 Å². The molecule has 2 unspecified atom stereocenters. The number of hydrogen-bond acceptors (Lipinski definition) is 0.